The molecule has 2 aromatic rings. The number of carbonyl (C=O) groups is 1. The van der Waals surface area contributed by atoms with E-state index in [2.05, 4.69) is 31.5 Å². The fraction of sp³-hybridized carbons (Fsp3) is 0.200. The van der Waals surface area contributed by atoms with E-state index < -0.39 is 17.8 Å². The lowest BCUT2D eigenvalue weighted by Crippen LogP contribution is -2.18. The molecule has 1 aromatic heterocycles. The maximum atomic E-state index is 13.0. The quantitative estimate of drug-likeness (QED) is 0.935. The highest BCUT2D eigenvalue weighted by molar-refractivity contribution is 9.10. The average Bonchev–Trinajstić information content (AvgIpc) is 2.76. The highest BCUT2D eigenvalue weighted by Crippen LogP contribution is 2.28. The molecule has 0 aliphatic carbocycles. The average molecular weight is 315 g/mol. The minimum Gasteiger partial charge on any atom is -0.480 e. The maximum Gasteiger partial charge on any atom is 0.328 e. The van der Waals surface area contributed by atoms with Crippen LogP contribution in [0.3, 0.4) is 0 Å². The summed E-state index contributed by atoms with van der Waals surface area (Å²) < 4.78 is 14.6. The number of carboxylic acids is 1. The highest BCUT2D eigenvalue weighted by atomic mass is 79.9. The zero-order valence-electron chi connectivity index (χ0n) is 9.21. The number of tetrazole rings is 1. The summed E-state index contributed by atoms with van der Waals surface area (Å²) in [7, 11) is 0. The van der Waals surface area contributed by atoms with Gasteiger partial charge in [0.25, 0.3) is 0 Å². The number of hydrogen-bond donors (Lipinski definition) is 1. The Balaban J connectivity index is 2.52. The van der Waals surface area contributed by atoms with Gasteiger partial charge < -0.3 is 5.11 Å². The Morgan fingerprint density at radius 1 is 1.56 bits per heavy atom. The molecule has 0 saturated heterocycles. The van der Waals surface area contributed by atoms with Gasteiger partial charge in [-0.15, -0.1) is 5.10 Å². The third kappa shape index (κ3) is 2.23. The molecular formula is C10H8BrFN4O2. The van der Waals surface area contributed by atoms with E-state index in [1.807, 2.05) is 0 Å². The molecule has 1 N–H and O–H groups in total. The van der Waals surface area contributed by atoms with Gasteiger partial charge in [0.1, 0.15) is 5.82 Å². The van der Waals surface area contributed by atoms with Crippen LogP contribution >= 0.6 is 15.9 Å². The predicted octanol–water partition coefficient (Wildman–Crippen LogP) is 1.89. The molecule has 0 aliphatic rings. The second-order valence-corrected chi connectivity index (χ2v) is 4.44. The van der Waals surface area contributed by atoms with Crippen LogP contribution in [-0.2, 0) is 4.79 Å². The summed E-state index contributed by atoms with van der Waals surface area (Å²) in [5.74, 6) is -1.20. The molecule has 0 fully saturated rings. The molecule has 1 heterocycles. The van der Waals surface area contributed by atoms with E-state index in [1.165, 1.54) is 29.8 Å². The van der Waals surface area contributed by atoms with Gasteiger partial charge >= 0.3 is 5.97 Å². The molecule has 18 heavy (non-hydrogen) atoms. The number of rotatable bonds is 3. The number of benzene rings is 1. The van der Waals surface area contributed by atoms with Crippen molar-refractivity contribution in [1.29, 1.82) is 0 Å². The highest BCUT2D eigenvalue weighted by Gasteiger charge is 2.21. The molecule has 0 amide bonds. The molecule has 2 rings (SSSR count). The SMILES string of the molecule is CC(C(=O)O)n1nnnc1-c1ccc(F)cc1Br. The fourth-order valence-electron chi connectivity index (χ4n) is 1.41. The smallest absolute Gasteiger partial charge is 0.328 e. The van der Waals surface area contributed by atoms with Crippen molar-refractivity contribution in [3.8, 4) is 11.4 Å². The van der Waals surface area contributed by atoms with E-state index in [0.717, 1.165) is 0 Å². The second kappa shape index (κ2) is 4.81. The van der Waals surface area contributed by atoms with Crippen molar-refractivity contribution in [3.63, 3.8) is 0 Å². The monoisotopic (exact) mass is 314 g/mol. The van der Waals surface area contributed by atoms with E-state index in [0.29, 0.717) is 10.0 Å². The van der Waals surface area contributed by atoms with E-state index in [-0.39, 0.29) is 5.82 Å². The van der Waals surface area contributed by atoms with Crippen LogP contribution in [0.15, 0.2) is 22.7 Å². The van der Waals surface area contributed by atoms with Crippen LogP contribution in [0.2, 0.25) is 0 Å². The zero-order valence-corrected chi connectivity index (χ0v) is 10.8. The molecule has 6 nitrogen and oxygen atoms in total. The number of halogens is 2. The standard InChI is InChI=1S/C10H8BrFN4O2/c1-5(10(17)18)16-9(13-14-15-16)7-3-2-6(12)4-8(7)11/h2-5H,1H3,(H,17,18). The summed E-state index contributed by atoms with van der Waals surface area (Å²) in [5, 5.41) is 19.8. The summed E-state index contributed by atoms with van der Waals surface area (Å²) in [6.07, 6.45) is 0. The number of hydrogen-bond acceptors (Lipinski definition) is 4. The summed E-state index contributed by atoms with van der Waals surface area (Å²) in [6, 6.07) is 3.09. The van der Waals surface area contributed by atoms with Gasteiger partial charge in [0.15, 0.2) is 11.9 Å². The minimum absolute atomic E-state index is 0.261. The number of carboxylic acid groups (broad SMARTS) is 1. The zero-order chi connectivity index (χ0) is 13.3. The Morgan fingerprint density at radius 3 is 2.89 bits per heavy atom. The topological polar surface area (TPSA) is 80.9 Å². The van der Waals surface area contributed by atoms with E-state index in [1.54, 1.807) is 0 Å². The van der Waals surface area contributed by atoms with Crippen LogP contribution in [0.25, 0.3) is 11.4 Å². The van der Waals surface area contributed by atoms with Gasteiger partial charge in [-0.25, -0.2) is 13.9 Å². The maximum absolute atomic E-state index is 13.0. The molecule has 0 spiro atoms. The lowest BCUT2D eigenvalue weighted by atomic mass is 10.2. The van der Waals surface area contributed by atoms with Gasteiger partial charge in [-0.1, -0.05) is 0 Å². The fourth-order valence-corrected chi connectivity index (χ4v) is 1.94. The van der Waals surface area contributed by atoms with Crippen molar-refractivity contribution in [2.24, 2.45) is 0 Å². The first-order valence-corrected chi connectivity index (χ1v) is 5.76. The molecule has 0 radical (unpaired) electrons. The van der Waals surface area contributed by atoms with Crippen molar-refractivity contribution in [2.45, 2.75) is 13.0 Å². The first kappa shape index (κ1) is 12.6. The Morgan fingerprint density at radius 2 is 2.28 bits per heavy atom. The molecule has 1 aromatic carbocycles. The van der Waals surface area contributed by atoms with Crippen molar-refractivity contribution in [2.75, 3.05) is 0 Å². The molecule has 0 saturated carbocycles. The molecule has 8 heteroatoms. The summed E-state index contributed by atoms with van der Waals surface area (Å²) in [4.78, 5) is 10.9. The Bertz CT molecular complexity index is 601. The summed E-state index contributed by atoms with van der Waals surface area (Å²) in [5.41, 5.74) is 0.523. The van der Waals surface area contributed by atoms with E-state index in [4.69, 9.17) is 5.11 Å². The molecule has 0 aliphatic heterocycles. The van der Waals surface area contributed by atoms with Gasteiger partial charge in [-0.3, -0.25) is 0 Å². The van der Waals surface area contributed by atoms with E-state index >= 15 is 0 Å². The van der Waals surface area contributed by atoms with Crippen LogP contribution in [0.4, 0.5) is 4.39 Å². The van der Waals surface area contributed by atoms with Gasteiger partial charge in [-0.2, -0.15) is 0 Å². The van der Waals surface area contributed by atoms with Crippen molar-refractivity contribution >= 4 is 21.9 Å². The van der Waals surface area contributed by atoms with Crippen LogP contribution in [0.1, 0.15) is 13.0 Å². The molecule has 0 bridgehead atoms. The molecular weight excluding hydrogens is 307 g/mol. The van der Waals surface area contributed by atoms with Gasteiger partial charge in [0.2, 0.25) is 0 Å². The lowest BCUT2D eigenvalue weighted by molar-refractivity contribution is -0.140. The van der Waals surface area contributed by atoms with Crippen molar-refractivity contribution in [3.05, 3.63) is 28.5 Å². The van der Waals surface area contributed by atoms with E-state index in [9.17, 15) is 9.18 Å². The minimum atomic E-state index is -1.05. The largest absolute Gasteiger partial charge is 0.480 e. The Hall–Kier alpha value is -1.83. The predicted molar refractivity (Wildman–Crippen MR) is 63.3 cm³/mol. The number of aliphatic carboxylic acids is 1. The van der Waals surface area contributed by atoms with Gasteiger partial charge in [0, 0.05) is 10.0 Å². The first-order valence-electron chi connectivity index (χ1n) is 4.97. The summed E-state index contributed by atoms with van der Waals surface area (Å²) in [6.45, 7) is 1.46. The summed E-state index contributed by atoms with van der Waals surface area (Å²) >= 11 is 3.19. The molecule has 1 unspecified atom stereocenters. The van der Waals surface area contributed by atoms with Crippen molar-refractivity contribution < 1.29 is 14.3 Å². The Kier molecular flexibility index (Phi) is 3.37. The third-order valence-electron chi connectivity index (χ3n) is 2.39. The van der Waals surface area contributed by atoms with Crippen LogP contribution in [-0.4, -0.2) is 31.3 Å². The number of aromatic nitrogens is 4. The lowest BCUT2D eigenvalue weighted by Gasteiger charge is -2.09. The molecule has 94 valence electrons. The first-order chi connectivity index (χ1) is 8.50. The third-order valence-corrected chi connectivity index (χ3v) is 3.05. The molecule has 1 atom stereocenters. The number of nitrogens with zero attached hydrogens (tertiary/aromatic N) is 4. The normalized spacial score (nSPS) is 12.4. The van der Waals surface area contributed by atoms with Crippen LogP contribution < -0.4 is 0 Å². The van der Waals surface area contributed by atoms with Crippen molar-refractivity contribution in [1.82, 2.24) is 20.2 Å². The van der Waals surface area contributed by atoms with Gasteiger partial charge in [0.05, 0.1) is 0 Å². The Labute approximate surface area is 110 Å². The van der Waals surface area contributed by atoms with Crippen LogP contribution in [0, 0.1) is 5.82 Å². The van der Waals surface area contributed by atoms with Gasteiger partial charge in [-0.05, 0) is 51.5 Å². The second-order valence-electron chi connectivity index (χ2n) is 3.59. The van der Waals surface area contributed by atoms with Crippen LogP contribution in [0.5, 0.6) is 0 Å².